The van der Waals surface area contributed by atoms with Crippen molar-refractivity contribution in [1.82, 2.24) is 9.55 Å². The van der Waals surface area contributed by atoms with Gasteiger partial charge in [0.2, 0.25) is 0 Å². The quantitative estimate of drug-likeness (QED) is 0.584. The first-order chi connectivity index (χ1) is 13.8. The summed E-state index contributed by atoms with van der Waals surface area (Å²) < 4.78 is 6.89. The summed E-state index contributed by atoms with van der Waals surface area (Å²) in [4.78, 5) is 27.9. The fraction of sp³-hybridized carbons (Fsp3) is 0.286. The third kappa shape index (κ3) is 5.56. The van der Waals surface area contributed by atoms with Crippen LogP contribution in [0.25, 0.3) is 10.9 Å². The summed E-state index contributed by atoms with van der Waals surface area (Å²) in [5.74, 6) is 0.745. The van der Waals surface area contributed by atoms with Crippen LogP contribution in [-0.2, 0) is 17.8 Å². The molecule has 29 heavy (non-hydrogen) atoms. The van der Waals surface area contributed by atoms with Crippen molar-refractivity contribution in [2.75, 3.05) is 6.61 Å². The average molecular weight is 435 g/mol. The minimum Gasteiger partial charge on any atom is -0.491 e. The van der Waals surface area contributed by atoms with Gasteiger partial charge in [0.05, 0.1) is 28.8 Å². The number of benzene rings is 2. The Hall–Kier alpha value is -2.41. The van der Waals surface area contributed by atoms with E-state index in [4.69, 9.17) is 27.9 Å². The highest BCUT2D eigenvalue weighted by Gasteiger charge is 2.12. The lowest BCUT2D eigenvalue weighted by molar-refractivity contribution is -0.116. The molecule has 1 N–H and O–H groups in total. The number of aromatic nitrogens is 2. The zero-order valence-corrected chi connectivity index (χ0v) is 17.3. The van der Waals surface area contributed by atoms with Crippen molar-refractivity contribution in [2.45, 2.75) is 32.4 Å². The molecule has 0 fully saturated rings. The molecule has 0 aliphatic rings. The number of ether oxygens (including phenoxy) is 1. The van der Waals surface area contributed by atoms with Crippen molar-refractivity contribution in [3.8, 4) is 5.75 Å². The first kappa shape index (κ1) is 21.3. The normalized spacial score (nSPS) is 12.1. The van der Waals surface area contributed by atoms with Gasteiger partial charge in [-0.15, -0.1) is 0 Å². The number of ketones is 1. The van der Waals surface area contributed by atoms with Crippen molar-refractivity contribution in [1.29, 1.82) is 0 Å². The van der Waals surface area contributed by atoms with Crippen LogP contribution in [-0.4, -0.2) is 33.2 Å². The van der Waals surface area contributed by atoms with Crippen molar-refractivity contribution < 1.29 is 14.6 Å². The summed E-state index contributed by atoms with van der Waals surface area (Å²) >= 11 is 12.0. The van der Waals surface area contributed by atoms with E-state index >= 15 is 0 Å². The van der Waals surface area contributed by atoms with E-state index < -0.39 is 6.10 Å². The molecule has 0 aliphatic carbocycles. The number of Topliss-reactive ketones (excluding diaryl/α,β-unsaturated/α-hetero) is 1. The molecule has 152 valence electrons. The van der Waals surface area contributed by atoms with Gasteiger partial charge >= 0.3 is 0 Å². The second kappa shape index (κ2) is 9.39. The van der Waals surface area contributed by atoms with E-state index in [2.05, 4.69) is 4.98 Å². The monoisotopic (exact) mass is 434 g/mol. The van der Waals surface area contributed by atoms with E-state index in [1.807, 2.05) is 12.1 Å². The molecule has 1 heterocycles. The summed E-state index contributed by atoms with van der Waals surface area (Å²) in [6.07, 6.45) is 1.62. The van der Waals surface area contributed by atoms with Gasteiger partial charge in [0.15, 0.2) is 0 Å². The topological polar surface area (TPSA) is 81.4 Å². The standard InChI is InChI=1S/C21H20Cl2N2O4/c1-13(26)2-3-14-4-6-17(7-5-14)29-11-16(27)10-25-12-24-20-18(21(25)28)8-15(22)9-19(20)23/h4-9,12,16,27H,2-3,10-11H2,1H3/t16-/m0/s1. The van der Waals surface area contributed by atoms with E-state index in [1.54, 1.807) is 19.1 Å². The highest BCUT2D eigenvalue weighted by molar-refractivity contribution is 6.38. The highest BCUT2D eigenvalue weighted by Crippen LogP contribution is 2.24. The van der Waals surface area contributed by atoms with Crippen LogP contribution in [0.5, 0.6) is 5.75 Å². The predicted molar refractivity (Wildman–Crippen MR) is 113 cm³/mol. The molecular weight excluding hydrogens is 415 g/mol. The maximum absolute atomic E-state index is 12.6. The van der Waals surface area contributed by atoms with Gasteiger partial charge in [-0.25, -0.2) is 4.98 Å². The maximum Gasteiger partial charge on any atom is 0.261 e. The van der Waals surface area contributed by atoms with Gasteiger partial charge in [-0.1, -0.05) is 35.3 Å². The Kier molecular flexibility index (Phi) is 6.90. The lowest BCUT2D eigenvalue weighted by Crippen LogP contribution is -2.30. The minimum atomic E-state index is -0.918. The van der Waals surface area contributed by atoms with Gasteiger partial charge in [0.1, 0.15) is 24.2 Å². The molecule has 3 rings (SSSR count). The van der Waals surface area contributed by atoms with E-state index in [9.17, 15) is 14.7 Å². The predicted octanol–water partition coefficient (Wildman–Crippen LogP) is 3.66. The smallest absolute Gasteiger partial charge is 0.261 e. The molecule has 2 aromatic carbocycles. The first-order valence-corrected chi connectivity index (χ1v) is 9.82. The van der Waals surface area contributed by atoms with Crippen LogP contribution >= 0.6 is 23.2 Å². The fourth-order valence-corrected chi connectivity index (χ4v) is 3.41. The Morgan fingerprint density at radius 1 is 1.24 bits per heavy atom. The van der Waals surface area contributed by atoms with Crippen molar-refractivity contribution >= 4 is 39.9 Å². The summed E-state index contributed by atoms with van der Waals surface area (Å²) in [6, 6.07) is 10.4. The molecule has 8 heteroatoms. The number of aliphatic hydroxyl groups excluding tert-OH is 1. The fourth-order valence-electron chi connectivity index (χ4n) is 2.87. The Labute approximate surface area is 177 Å². The van der Waals surface area contributed by atoms with Crippen LogP contribution in [0.4, 0.5) is 0 Å². The third-order valence-corrected chi connectivity index (χ3v) is 4.89. The first-order valence-electron chi connectivity index (χ1n) is 9.07. The maximum atomic E-state index is 12.6. The number of aliphatic hydroxyl groups is 1. The van der Waals surface area contributed by atoms with Crippen molar-refractivity contribution in [2.24, 2.45) is 0 Å². The SMILES string of the molecule is CC(=O)CCc1ccc(OC[C@@H](O)Cn2cnc3c(Cl)cc(Cl)cc3c2=O)cc1. The summed E-state index contributed by atoms with van der Waals surface area (Å²) in [5, 5.41) is 11.2. The van der Waals surface area contributed by atoms with Crippen LogP contribution in [0.2, 0.25) is 10.0 Å². The molecule has 1 aromatic heterocycles. The molecule has 0 aliphatic heterocycles. The number of hydrogen-bond donors (Lipinski definition) is 1. The van der Waals surface area contributed by atoms with Gasteiger partial charge in [-0.2, -0.15) is 0 Å². The lowest BCUT2D eigenvalue weighted by atomic mass is 10.1. The average Bonchev–Trinajstić information content (AvgIpc) is 2.68. The molecular formula is C21H20Cl2N2O4. The second-order valence-electron chi connectivity index (χ2n) is 6.80. The summed E-state index contributed by atoms with van der Waals surface area (Å²) in [7, 11) is 0. The number of nitrogens with zero attached hydrogens (tertiary/aromatic N) is 2. The van der Waals surface area contributed by atoms with Gasteiger partial charge in [0, 0.05) is 11.4 Å². The summed E-state index contributed by atoms with van der Waals surface area (Å²) in [5.41, 5.74) is 1.07. The molecule has 0 unspecified atom stereocenters. The van der Waals surface area contributed by atoms with Gasteiger partial charge in [-0.05, 0) is 43.2 Å². The Bertz CT molecular complexity index is 1080. The molecule has 0 saturated heterocycles. The van der Waals surface area contributed by atoms with Gasteiger partial charge in [-0.3, -0.25) is 9.36 Å². The van der Waals surface area contributed by atoms with Crippen LogP contribution in [0.3, 0.4) is 0 Å². The van der Waals surface area contributed by atoms with E-state index in [0.717, 1.165) is 5.56 Å². The van der Waals surface area contributed by atoms with Crippen LogP contribution in [0.1, 0.15) is 18.9 Å². The molecule has 6 nitrogen and oxygen atoms in total. The van der Waals surface area contributed by atoms with Crippen molar-refractivity contribution in [3.63, 3.8) is 0 Å². The molecule has 0 bridgehead atoms. The van der Waals surface area contributed by atoms with Crippen LogP contribution < -0.4 is 10.3 Å². The number of aryl methyl sites for hydroxylation is 1. The van der Waals surface area contributed by atoms with Crippen molar-refractivity contribution in [3.05, 3.63) is 68.7 Å². The van der Waals surface area contributed by atoms with Crippen LogP contribution in [0.15, 0.2) is 47.5 Å². The van der Waals surface area contributed by atoms with E-state index in [0.29, 0.717) is 39.5 Å². The molecule has 0 amide bonds. The zero-order chi connectivity index (χ0) is 21.0. The highest BCUT2D eigenvalue weighted by atomic mass is 35.5. The lowest BCUT2D eigenvalue weighted by Gasteiger charge is -2.14. The van der Waals surface area contributed by atoms with Gasteiger partial charge in [0.25, 0.3) is 5.56 Å². The van der Waals surface area contributed by atoms with Gasteiger partial charge < -0.3 is 14.6 Å². The number of carbonyl (C=O) groups excluding carboxylic acids is 1. The molecule has 3 aromatic rings. The van der Waals surface area contributed by atoms with Crippen LogP contribution in [0, 0.1) is 0 Å². The molecule has 0 radical (unpaired) electrons. The summed E-state index contributed by atoms with van der Waals surface area (Å²) in [6.45, 7) is 1.59. The minimum absolute atomic E-state index is 0.00751. The number of rotatable bonds is 8. The molecule has 1 atom stereocenters. The Balaban J connectivity index is 1.62. The largest absolute Gasteiger partial charge is 0.491 e. The third-order valence-electron chi connectivity index (χ3n) is 4.38. The van der Waals surface area contributed by atoms with E-state index in [1.165, 1.54) is 23.0 Å². The second-order valence-corrected chi connectivity index (χ2v) is 7.64. The molecule has 0 saturated carbocycles. The zero-order valence-electron chi connectivity index (χ0n) is 15.8. The Morgan fingerprint density at radius 3 is 2.66 bits per heavy atom. The number of fused-ring (bicyclic) bond motifs is 1. The molecule has 0 spiro atoms. The number of hydrogen-bond acceptors (Lipinski definition) is 5. The number of halogens is 2. The Morgan fingerprint density at radius 2 is 1.97 bits per heavy atom. The van der Waals surface area contributed by atoms with E-state index in [-0.39, 0.29) is 24.5 Å². The number of carbonyl (C=O) groups is 1.